The van der Waals surface area contributed by atoms with E-state index in [9.17, 15) is 5.11 Å². The third-order valence-electron chi connectivity index (χ3n) is 4.27. The highest BCUT2D eigenvalue weighted by molar-refractivity contribution is 5.46. The first kappa shape index (κ1) is 17.0. The molecule has 2 aromatic rings. The predicted octanol–water partition coefficient (Wildman–Crippen LogP) is 4.80. The molecule has 3 nitrogen and oxygen atoms in total. The van der Waals surface area contributed by atoms with Gasteiger partial charge in [0.25, 0.3) is 0 Å². The van der Waals surface area contributed by atoms with Crippen LogP contribution in [0.4, 0.5) is 0 Å². The molecule has 0 aromatic heterocycles. The topological polar surface area (TPSA) is 38.7 Å². The Morgan fingerprint density at radius 3 is 2.29 bits per heavy atom. The summed E-state index contributed by atoms with van der Waals surface area (Å²) in [6.45, 7) is 6.90. The van der Waals surface area contributed by atoms with Crippen molar-refractivity contribution < 1.29 is 14.6 Å². The van der Waals surface area contributed by atoms with E-state index in [2.05, 4.69) is 26.8 Å². The first-order chi connectivity index (χ1) is 11.5. The van der Waals surface area contributed by atoms with E-state index in [1.807, 2.05) is 42.5 Å². The van der Waals surface area contributed by atoms with Gasteiger partial charge in [-0.3, -0.25) is 0 Å². The van der Waals surface area contributed by atoms with E-state index >= 15 is 0 Å². The fraction of sp³-hybridized carbons (Fsp3) is 0.429. The summed E-state index contributed by atoms with van der Waals surface area (Å²) in [6, 6.07) is 15.8. The van der Waals surface area contributed by atoms with Crippen molar-refractivity contribution in [3.63, 3.8) is 0 Å². The molecular weight excluding hydrogens is 300 g/mol. The van der Waals surface area contributed by atoms with Gasteiger partial charge >= 0.3 is 0 Å². The van der Waals surface area contributed by atoms with Crippen LogP contribution in [0.2, 0.25) is 0 Å². The van der Waals surface area contributed by atoms with Gasteiger partial charge in [-0.05, 0) is 50.8 Å². The van der Waals surface area contributed by atoms with Gasteiger partial charge in [-0.25, -0.2) is 0 Å². The number of aliphatic hydroxyl groups is 1. The summed E-state index contributed by atoms with van der Waals surface area (Å²) in [6.07, 6.45) is 1.05. The Morgan fingerprint density at radius 1 is 0.958 bits per heavy atom. The second-order valence-electron chi connectivity index (χ2n) is 7.28. The molecule has 0 spiro atoms. The lowest BCUT2D eigenvalue weighted by Crippen LogP contribution is -2.20. The highest BCUT2D eigenvalue weighted by Gasteiger charge is 2.28. The average Bonchev–Trinajstić information content (AvgIpc) is 2.67. The lowest BCUT2D eigenvalue weighted by Gasteiger charge is -2.22. The molecule has 0 saturated carbocycles. The van der Waals surface area contributed by atoms with Crippen LogP contribution in [-0.4, -0.2) is 17.3 Å². The number of aliphatic hydroxyl groups excluding tert-OH is 1. The maximum atomic E-state index is 10.8. The second kappa shape index (κ2) is 6.96. The number of hydrogen-bond acceptors (Lipinski definition) is 3. The van der Waals surface area contributed by atoms with Crippen LogP contribution < -0.4 is 4.74 Å². The first-order valence-corrected chi connectivity index (χ1v) is 8.62. The van der Waals surface area contributed by atoms with Crippen LogP contribution >= 0.6 is 0 Å². The molecule has 0 bridgehead atoms. The van der Waals surface area contributed by atoms with Gasteiger partial charge in [0.1, 0.15) is 18.0 Å². The van der Waals surface area contributed by atoms with Crippen molar-refractivity contribution in [2.75, 3.05) is 6.61 Å². The van der Waals surface area contributed by atoms with Crippen LogP contribution in [0.15, 0.2) is 48.5 Å². The van der Waals surface area contributed by atoms with Crippen molar-refractivity contribution in [1.29, 1.82) is 0 Å². The van der Waals surface area contributed by atoms with Gasteiger partial charge in [-0.2, -0.15) is 0 Å². The molecule has 1 aliphatic heterocycles. The van der Waals surface area contributed by atoms with Gasteiger partial charge in [0.05, 0.1) is 5.60 Å². The third-order valence-corrected chi connectivity index (χ3v) is 4.27. The number of rotatable bonds is 4. The van der Waals surface area contributed by atoms with Crippen molar-refractivity contribution in [3.05, 3.63) is 65.2 Å². The van der Waals surface area contributed by atoms with Gasteiger partial charge < -0.3 is 14.6 Å². The lowest BCUT2D eigenvalue weighted by atomic mass is 9.94. The Kier molecular flexibility index (Phi) is 4.93. The molecule has 1 N–H and O–H groups in total. The minimum absolute atomic E-state index is 0.0666. The molecule has 128 valence electrons. The van der Waals surface area contributed by atoms with Crippen molar-refractivity contribution in [3.8, 4) is 5.75 Å². The minimum Gasteiger partial charge on any atom is -0.485 e. The number of benzene rings is 2. The summed E-state index contributed by atoms with van der Waals surface area (Å²) in [4.78, 5) is 0. The Morgan fingerprint density at radius 2 is 1.58 bits per heavy atom. The van der Waals surface area contributed by atoms with Crippen LogP contribution in [0.25, 0.3) is 0 Å². The van der Waals surface area contributed by atoms with E-state index in [-0.39, 0.29) is 11.7 Å². The molecule has 0 radical (unpaired) electrons. The van der Waals surface area contributed by atoms with Crippen LogP contribution in [0.1, 0.15) is 62.5 Å². The molecule has 24 heavy (non-hydrogen) atoms. The summed E-state index contributed by atoms with van der Waals surface area (Å²) in [7, 11) is 0. The fourth-order valence-electron chi connectivity index (χ4n) is 3.11. The Balaban J connectivity index is 1.82. The first-order valence-electron chi connectivity index (χ1n) is 8.62. The standard InChI is InChI=1S/C21H26O3/c1-21(2,3)23-14-8-13-18-15-9-4-5-10-16(15)20(22)17-11-6-7-12-19(17)24-18/h4-7,9-12,18,20,22H,8,13-14H2,1-3H3. The highest BCUT2D eigenvalue weighted by atomic mass is 16.5. The molecule has 3 heteroatoms. The Hall–Kier alpha value is -1.84. The molecule has 2 unspecified atom stereocenters. The molecule has 2 aromatic carbocycles. The van der Waals surface area contributed by atoms with Crippen LogP contribution in [0.5, 0.6) is 5.75 Å². The van der Waals surface area contributed by atoms with Gasteiger partial charge in [0.2, 0.25) is 0 Å². The smallest absolute Gasteiger partial charge is 0.126 e. The molecule has 1 heterocycles. The zero-order valence-corrected chi connectivity index (χ0v) is 14.7. The van der Waals surface area contributed by atoms with Gasteiger partial charge in [-0.15, -0.1) is 0 Å². The molecule has 2 atom stereocenters. The number of fused-ring (bicyclic) bond motifs is 2. The number of para-hydroxylation sites is 1. The van der Waals surface area contributed by atoms with E-state index in [0.29, 0.717) is 6.61 Å². The molecule has 3 rings (SSSR count). The maximum Gasteiger partial charge on any atom is 0.126 e. The maximum absolute atomic E-state index is 10.8. The van der Waals surface area contributed by atoms with Crippen molar-refractivity contribution in [2.45, 2.75) is 51.4 Å². The van der Waals surface area contributed by atoms with Crippen molar-refractivity contribution >= 4 is 0 Å². The van der Waals surface area contributed by atoms with Crippen molar-refractivity contribution in [1.82, 2.24) is 0 Å². The fourth-order valence-corrected chi connectivity index (χ4v) is 3.11. The monoisotopic (exact) mass is 326 g/mol. The summed E-state index contributed by atoms with van der Waals surface area (Å²) < 4.78 is 12.1. The van der Waals surface area contributed by atoms with Crippen molar-refractivity contribution in [2.24, 2.45) is 0 Å². The Labute approximate surface area is 144 Å². The molecular formula is C21H26O3. The molecule has 0 aliphatic carbocycles. The SMILES string of the molecule is CC(C)(C)OCCCC1Oc2ccccc2C(O)c2ccccc21. The second-order valence-corrected chi connectivity index (χ2v) is 7.28. The molecule has 0 fully saturated rings. The summed E-state index contributed by atoms with van der Waals surface area (Å²) >= 11 is 0. The molecule has 1 aliphatic rings. The third kappa shape index (κ3) is 3.80. The normalized spacial score (nSPS) is 19.8. The van der Waals surface area contributed by atoms with Gasteiger partial charge in [-0.1, -0.05) is 42.5 Å². The zero-order valence-electron chi connectivity index (χ0n) is 14.7. The largest absolute Gasteiger partial charge is 0.485 e. The highest BCUT2D eigenvalue weighted by Crippen LogP contribution is 2.41. The average molecular weight is 326 g/mol. The lowest BCUT2D eigenvalue weighted by molar-refractivity contribution is -0.00782. The summed E-state index contributed by atoms with van der Waals surface area (Å²) in [5, 5.41) is 10.8. The van der Waals surface area contributed by atoms with Crippen LogP contribution in [0, 0.1) is 0 Å². The van der Waals surface area contributed by atoms with Gasteiger partial charge in [0, 0.05) is 12.2 Å². The van der Waals surface area contributed by atoms with E-state index in [1.54, 1.807) is 0 Å². The Bertz CT molecular complexity index is 687. The number of hydrogen-bond donors (Lipinski definition) is 1. The minimum atomic E-state index is -0.645. The summed E-state index contributed by atoms with van der Waals surface area (Å²) in [5.74, 6) is 0.767. The summed E-state index contributed by atoms with van der Waals surface area (Å²) in [5.41, 5.74) is 2.71. The van der Waals surface area contributed by atoms with E-state index in [0.717, 1.165) is 35.3 Å². The number of ether oxygens (including phenoxy) is 2. The van der Waals surface area contributed by atoms with Crippen LogP contribution in [-0.2, 0) is 4.74 Å². The van der Waals surface area contributed by atoms with Crippen LogP contribution in [0.3, 0.4) is 0 Å². The zero-order chi connectivity index (χ0) is 17.2. The molecule has 0 saturated heterocycles. The van der Waals surface area contributed by atoms with Gasteiger partial charge in [0.15, 0.2) is 0 Å². The van der Waals surface area contributed by atoms with E-state index < -0.39 is 6.10 Å². The molecule has 0 amide bonds. The quantitative estimate of drug-likeness (QED) is 0.821. The van der Waals surface area contributed by atoms with E-state index in [1.165, 1.54) is 0 Å². The van der Waals surface area contributed by atoms with E-state index in [4.69, 9.17) is 9.47 Å². The predicted molar refractivity (Wildman–Crippen MR) is 95.3 cm³/mol.